The maximum atomic E-state index is 11.6. The minimum absolute atomic E-state index is 0.107. The van der Waals surface area contributed by atoms with Gasteiger partial charge in [0.25, 0.3) is 0 Å². The Balaban J connectivity index is 2.33. The zero-order valence-corrected chi connectivity index (χ0v) is 13.9. The van der Waals surface area contributed by atoms with E-state index in [2.05, 4.69) is 10.3 Å². The lowest BCUT2D eigenvalue weighted by Gasteiger charge is -2.18. The minimum Gasteiger partial charge on any atom is -0.508 e. The molecule has 0 aliphatic carbocycles. The van der Waals surface area contributed by atoms with Crippen LogP contribution < -0.4 is 5.32 Å². The number of rotatable bonds is 5. The SMILES string of the molecule is Cc1nc(NC(Cc2ccc(O)cc2)C(=O)O)c(C#N)c(C)c1Cl. The lowest BCUT2D eigenvalue weighted by Crippen LogP contribution is -2.32. The first-order valence-electron chi connectivity index (χ1n) is 7.17. The van der Waals surface area contributed by atoms with Crippen LogP contribution in [-0.2, 0) is 11.2 Å². The first-order valence-corrected chi connectivity index (χ1v) is 7.55. The molecule has 0 fully saturated rings. The second-order valence-electron chi connectivity index (χ2n) is 5.38. The maximum Gasteiger partial charge on any atom is 0.326 e. The Morgan fingerprint density at radius 3 is 2.54 bits per heavy atom. The molecule has 3 N–H and O–H groups in total. The summed E-state index contributed by atoms with van der Waals surface area (Å²) in [6, 6.07) is 7.30. The highest BCUT2D eigenvalue weighted by Gasteiger charge is 2.22. The molecule has 24 heavy (non-hydrogen) atoms. The number of aryl methyl sites for hydroxylation is 1. The topological polar surface area (TPSA) is 106 Å². The molecule has 0 aliphatic rings. The van der Waals surface area contributed by atoms with Crippen molar-refractivity contribution in [1.29, 1.82) is 5.26 Å². The van der Waals surface area contributed by atoms with Gasteiger partial charge in [-0.15, -0.1) is 0 Å². The minimum atomic E-state index is -1.07. The van der Waals surface area contributed by atoms with Crippen molar-refractivity contribution in [2.45, 2.75) is 26.3 Å². The fraction of sp³-hybridized carbons (Fsp3) is 0.235. The van der Waals surface area contributed by atoms with E-state index in [9.17, 15) is 20.3 Å². The summed E-state index contributed by atoms with van der Waals surface area (Å²) in [5, 5.41) is 31.3. The molecule has 1 aromatic heterocycles. The zero-order chi connectivity index (χ0) is 17.9. The van der Waals surface area contributed by atoms with Gasteiger partial charge in [-0.2, -0.15) is 5.26 Å². The van der Waals surface area contributed by atoms with Gasteiger partial charge in [-0.3, -0.25) is 0 Å². The Labute approximate surface area is 144 Å². The molecular formula is C17H16ClN3O3. The van der Waals surface area contributed by atoms with Crippen LogP contribution in [0.2, 0.25) is 5.02 Å². The fourth-order valence-corrected chi connectivity index (χ4v) is 2.44. The van der Waals surface area contributed by atoms with Gasteiger partial charge in [0.05, 0.1) is 16.3 Å². The van der Waals surface area contributed by atoms with E-state index in [1.165, 1.54) is 12.1 Å². The Hall–Kier alpha value is -2.78. The number of hydrogen-bond donors (Lipinski definition) is 3. The van der Waals surface area contributed by atoms with Crippen LogP contribution in [0, 0.1) is 25.2 Å². The molecule has 0 saturated heterocycles. The molecule has 0 radical (unpaired) electrons. The number of aromatic hydroxyl groups is 1. The molecule has 2 rings (SSSR count). The second kappa shape index (κ2) is 7.20. The van der Waals surface area contributed by atoms with Crippen LogP contribution in [0.15, 0.2) is 24.3 Å². The summed E-state index contributed by atoms with van der Waals surface area (Å²) in [7, 11) is 0. The first kappa shape index (κ1) is 17.6. The third-order valence-electron chi connectivity index (χ3n) is 3.64. The van der Waals surface area contributed by atoms with E-state index in [-0.39, 0.29) is 23.6 Å². The largest absolute Gasteiger partial charge is 0.508 e. The van der Waals surface area contributed by atoms with E-state index < -0.39 is 12.0 Å². The van der Waals surface area contributed by atoms with Crippen LogP contribution >= 0.6 is 11.6 Å². The number of halogens is 1. The summed E-state index contributed by atoms with van der Waals surface area (Å²) >= 11 is 6.10. The van der Waals surface area contributed by atoms with Crippen molar-refractivity contribution in [2.24, 2.45) is 0 Å². The number of hydrogen-bond acceptors (Lipinski definition) is 5. The molecule has 6 nitrogen and oxygen atoms in total. The number of pyridine rings is 1. The number of carboxylic acids is 1. The maximum absolute atomic E-state index is 11.6. The van der Waals surface area contributed by atoms with E-state index >= 15 is 0 Å². The number of phenols is 1. The number of nitrogens with one attached hydrogen (secondary N) is 1. The average molecular weight is 346 g/mol. The molecule has 7 heteroatoms. The summed E-state index contributed by atoms with van der Waals surface area (Å²) in [4.78, 5) is 15.8. The summed E-state index contributed by atoms with van der Waals surface area (Å²) in [6.45, 7) is 3.38. The molecule has 0 saturated carbocycles. The lowest BCUT2D eigenvalue weighted by atomic mass is 10.0. The molecule has 1 heterocycles. The molecule has 2 aromatic rings. The van der Waals surface area contributed by atoms with Crippen molar-refractivity contribution in [2.75, 3.05) is 5.32 Å². The van der Waals surface area contributed by atoms with Gasteiger partial charge < -0.3 is 15.5 Å². The first-order chi connectivity index (χ1) is 11.3. The van der Waals surface area contributed by atoms with E-state index in [1.807, 2.05) is 6.07 Å². The summed E-state index contributed by atoms with van der Waals surface area (Å²) < 4.78 is 0. The average Bonchev–Trinajstić information content (AvgIpc) is 2.54. The predicted molar refractivity (Wildman–Crippen MR) is 90.3 cm³/mol. The number of phenolic OH excluding ortho intramolecular Hbond substituents is 1. The van der Waals surface area contributed by atoms with Crippen molar-refractivity contribution in [1.82, 2.24) is 4.98 Å². The van der Waals surface area contributed by atoms with E-state index in [0.717, 1.165) is 5.56 Å². The smallest absolute Gasteiger partial charge is 0.326 e. The highest BCUT2D eigenvalue weighted by molar-refractivity contribution is 6.32. The van der Waals surface area contributed by atoms with Crippen molar-refractivity contribution >= 4 is 23.4 Å². The molecule has 0 bridgehead atoms. The van der Waals surface area contributed by atoms with Gasteiger partial charge in [-0.25, -0.2) is 9.78 Å². The number of carboxylic acid groups (broad SMARTS) is 1. The van der Waals surface area contributed by atoms with Crippen LogP contribution in [0.25, 0.3) is 0 Å². The van der Waals surface area contributed by atoms with Crippen LogP contribution in [-0.4, -0.2) is 27.2 Å². The van der Waals surface area contributed by atoms with Gasteiger partial charge in [0.15, 0.2) is 0 Å². The highest BCUT2D eigenvalue weighted by Crippen LogP contribution is 2.27. The third kappa shape index (κ3) is 3.76. The molecule has 1 aromatic carbocycles. The van der Waals surface area contributed by atoms with Gasteiger partial charge in [0.1, 0.15) is 23.7 Å². The van der Waals surface area contributed by atoms with Crippen LogP contribution in [0.4, 0.5) is 5.82 Å². The number of carbonyl (C=O) groups is 1. The molecular weight excluding hydrogens is 330 g/mol. The highest BCUT2D eigenvalue weighted by atomic mass is 35.5. The number of nitriles is 1. The summed E-state index contributed by atoms with van der Waals surface area (Å²) in [5.74, 6) is -0.766. The molecule has 0 spiro atoms. The Morgan fingerprint density at radius 2 is 2.00 bits per heavy atom. The van der Waals surface area contributed by atoms with Crippen molar-refractivity contribution in [3.63, 3.8) is 0 Å². The standard InChI is InChI=1S/C17H16ClN3O3/c1-9-13(8-19)16(20-10(2)15(9)18)21-14(17(23)24)7-11-3-5-12(22)6-4-11/h3-6,14,22H,7H2,1-2H3,(H,20,21)(H,23,24). The van der Waals surface area contributed by atoms with E-state index in [1.54, 1.807) is 26.0 Å². The Bertz CT molecular complexity index is 813. The van der Waals surface area contributed by atoms with E-state index in [0.29, 0.717) is 16.3 Å². The number of aromatic nitrogens is 1. The van der Waals surface area contributed by atoms with Crippen molar-refractivity contribution in [3.8, 4) is 11.8 Å². The van der Waals surface area contributed by atoms with E-state index in [4.69, 9.17) is 11.6 Å². The van der Waals surface area contributed by atoms with Crippen molar-refractivity contribution < 1.29 is 15.0 Å². The lowest BCUT2D eigenvalue weighted by molar-refractivity contribution is -0.137. The number of nitrogens with zero attached hydrogens (tertiary/aromatic N) is 2. The van der Waals surface area contributed by atoms with Crippen LogP contribution in [0.5, 0.6) is 5.75 Å². The van der Waals surface area contributed by atoms with Crippen LogP contribution in [0.1, 0.15) is 22.4 Å². The predicted octanol–water partition coefficient (Wildman–Crippen LogP) is 3.04. The zero-order valence-electron chi connectivity index (χ0n) is 13.2. The molecule has 0 aliphatic heterocycles. The van der Waals surface area contributed by atoms with Crippen molar-refractivity contribution in [3.05, 3.63) is 51.7 Å². The third-order valence-corrected chi connectivity index (χ3v) is 4.19. The van der Waals surface area contributed by atoms with Gasteiger partial charge in [-0.1, -0.05) is 23.7 Å². The normalized spacial score (nSPS) is 11.6. The molecule has 124 valence electrons. The molecule has 1 atom stereocenters. The molecule has 1 unspecified atom stereocenters. The number of benzene rings is 1. The Kier molecular flexibility index (Phi) is 5.27. The van der Waals surface area contributed by atoms with Gasteiger partial charge >= 0.3 is 5.97 Å². The second-order valence-corrected chi connectivity index (χ2v) is 5.76. The quantitative estimate of drug-likeness (QED) is 0.769. The number of aliphatic carboxylic acids is 1. The van der Waals surface area contributed by atoms with Gasteiger partial charge in [0.2, 0.25) is 0 Å². The van der Waals surface area contributed by atoms with Gasteiger partial charge in [-0.05, 0) is 37.1 Å². The number of anilines is 1. The fourth-order valence-electron chi connectivity index (χ4n) is 2.31. The van der Waals surface area contributed by atoms with Gasteiger partial charge in [0, 0.05) is 6.42 Å². The Morgan fingerprint density at radius 1 is 1.38 bits per heavy atom. The summed E-state index contributed by atoms with van der Waals surface area (Å²) in [6.07, 6.45) is 0.170. The summed E-state index contributed by atoms with van der Waals surface area (Å²) in [5.41, 5.74) is 2.03. The van der Waals surface area contributed by atoms with Crippen LogP contribution in [0.3, 0.4) is 0 Å². The monoisotopic (exact) mass is 345 g/mol. The molecule has 0 amide bonds.